The maximum absolute atomic E-state index is 13.0. The number of halogens is 2. The molecule has 0 fully saturated rings. The molecule has 0 amide bonds. The third-order valence-corrected chi connectivity index (χ3v) is 2.20. The first-order valence-electron chi connectivity index (χ1n) is 3.92. The first kappa shape index (κ1) is 10.5. The average Bonchev–Trinajstić information content (AvgIpc) is 2.12. The minimum atomic E-state index is -0.262. The maximum Gasteiger partial charge on any atom is 0.139 e. The van der Waals surface area contributed by atoms with Gasteiger partial charge in [0.1, 0.15) is 5.82 Å². The molecule has 72 valence electrons. The van der Waals surface area contributed by atoms with E-state index in [2.05, 4.69) is 21.2 Å². The molecule has 0 heterocycles. The van der Waals surface area contributed by atoms with Crippen molar-refractivity contribution in [1.29, 1.82) is 0 Å². The van der Waals surface area contributed by atoms with Gasteiger partial charge in [0.15, 0.2) is 0 Å². The van der Waals surface area contributed by atoms with Gasteiger partial charge < -0.3 is 10.1 Å². The fraction of sp³-hybridized carbons (Fsp3) is 0.333. The molecule has 1 N–H and O–H groups in total. The number of nitrogens with one attached hydrogen (secondary N) is 1. The number of anilines is 1. The smallest absolute Gasteiger partial charge is 0.139 e. The van der Waals surface area contributed by atoms with E-state index in [0.717, 1.165) is 5.69 Å². The molecule has 0 atom stereocenters. The third kappa shape index (κ3) is 3.32. The molecule has 2 nitrogen and oxygen atoms in total. The number of ether oxygens (including phenoxy) is 1. The van der Waals surface area contributed by atoms with Gasteiger partial charge in [-0.1, -0.05) is 0 Å². The molecule has 1 aromatic carbocycles. The normalized spacial score (nSPS) is 10.1. The van der Waals surface area contributed by atoms with E-state index in [9.17, 15) is 4.39 Å². The van der Waals surface area contributed by atoms with Crippen molar-refractivity contribution in [2.24, 2.45) is 0 Å². The van der Waals surface area contributed by atoms with E-state index in [-0.39, 0.29) is 5.82 Å². The SMILES string of the molecule is COCCNc1ccc(Br)c(F)c1. The van der Waals surface area contributed by atoms with Gasteiger partial charge in [-0.3, -0.25) is 0 Å². The molecule has 1 aromatic rings. The minimum absolute atomic E-state index is 0.262. The van der Waals surface area contributed by atoms with Crippen LogP contribution in [0.5, 0.6) is 0 Å². The van der Waals surface area contributed by atoms with Crippen LogP contribution in [-0.2, 0) is 4.74 Å². The van der Waals surface area contributed by atoms with E-state index < -0.39 is 0 Å². The molecule has 4 heteroatoms. The molecule has 0 saturated heterocycles. The fourth-order valence-electron chi connectivity index (χ4n) is 0.904. The number of benzene rings is 1. The van der Waals surface area contributed by atoms with Crippen LogP contribution < -0.4 is 5.32 Å². The van der Waals surface area contributed by atoms with Gasteiger partial charge in [-0.2, -0.15) is 0 Å². The molecule has 0 aliphatic carbocycles. The Balaban J connectivity index is 2.53. The molecule has 0 radical (unpaired) electrons. The molecule has 1 rings (SSSR count). The highest BCUT2D eigenvalue weighted by atomic mass is 79.9. The largest absolute Gasteiger partial charge is 0.383 e. The summed E-state index contributed by atoms with van der Waals surface area (Å²) < 4.78 is 18.3. The van der Waals surface area contributed by atoms with Crippen LogP contribution in [0.15, 0.2) is 22.7 Å². The molecule has 0 aromatic heterocycles. The molecular formula is C9H11BrFNO. The zero-order valence-corrected chi connectivity index (χ0v) is 8.90. The Kier molecular flexibility index (Phi) is 4.18. The molecule has 13 heavy (non-hydrogen) atoms. The average molecular weight is 248 g/mol. The Labute approximate surface area is 85.2 Å². The summed E-state index contributed by atoms with van der Waals surface area (Å²) in [7, 11) is 1.63. The molecule has 0 spiro atoms. The van der Waals surface area contributed by atoms with E-state index in [1.165, 1.54) is 6.07 Å². The third-order valence-electron chi connectivity index (χ3n) is 1.55. The van der Waals surface area contributed by atoms with Gasteiger partial charge in [-0.25, -0.2) is 4.39 Å². The molecule has 0 aliphatic heterocycles. The summed E-state index contributed by atoms with van der Waals surface area (Å²) >= 11 is 3.08. The quantitative estimate of drug-likeness (QED) is 0.827. The van der Waals surface area contributed by atoms with Gasteiger partial charge >= 0.3 is 0 Å². The number of methoxy groups -OCH3 is 1. The highest BCUT2D eigenvalue weighted by molar-refractivity contribution is 9.10. The Morgan fingerprint density at radius 2 is 2.31 bits per heavy atom. The van der Waals surface area contributed by atoms with Gasteiger partial charge in [0.05, 0.1) is 11.1 Å². The van der Waals surface area contributed by atoms with Gasteiger partial charge in [-0.15, -0.1) is 0 Å². The van der Waals surface area contributed by atoms with Crippen molar-refractivity contribution in [3.63, 3.8) is 0 Å². The van der Waals surface area contributed by atoms with Crippen molar-refractivity contribution in [3.8, 4) is 0 Å². The summed E-state index contributed by atoms with van der Waals surface area (Å²) in [5, 5.41) is 3.03. The zero-order valence-electron chi connectivity index (χ0n) is 7.31. The molecular weight excluding hydrogens is 237 g/mol. The monoisotopic (exact) mass is 247 g/mol. The van der Waals surface area contributed by atoms with Gasteiger partial charge in [0, 0.05) is 19.3 Å². The summed E-state index contributed by atoms with van der Waals surface area (Å²) in [4.78, 5) is 0. The Bertz CT molecular complexity index is 280. The highest BCUT2D eigenvalue weighted by Gasteiger charge is 1.99. The Morgan fingerprint density at radius 1 is 1.54 bits per heavy atom. The second kappa shape index (κ2) is 5.19. The number of hydrogen-bond acceptors (Lipinski definition) is 2. The molecule has 0 aliphatic rings. The number of rotatable bonds is 4. The van der Waals surface area contributed by atoms with Crippen molar-refractivity contribution in [3.05, 3.63) is 28.5 Å². The second-order valence-electron chi connectivity index (χ2n) is 2.55. The van der Waals surface area contributed by atoms with Crippen LogP contribution in [0.3, 0.4) is 0 Å². The fourth-order valence-corrected chi connectivity index (χ4v) is 1.15. The lowest BCUT2D eigenvalue weighted by Gasteiger charge is -2.05. The van der Waals surface area contributed by atoms with Crippen molar-refractivity contribution < 1.29 is 9.13 Å². The van der Waals surface area contributed by atoms with Gasteiger partial charge in [0.25, 0.3) is 0 Å². The van der Waals surface area contributed by atoms with Crippen LogP contribution >= 0.6 is 15.9 Å². The van der Waals surface area contributed by atoms with Crippen LogP contribution in [0, 0.1) is 5.82 Å². The van der Waals surface area contributed by atoms with E-state index >= 15 is 0 Å². The standard InChI is InChI=1S/C9H11BrFNO/c1-13-5-4-12-7-2-3-8(10)9(11)6-7/h2-3,6,12H,4-5H2,1H3. The Hall–Kier alpha value is -0.610. The summed E-state index contributed by atoms with van der Waals surface area (Å²) in [6.07, 6.45) is 0. The topological polar surface area (TPSA) is 21.3 Å². The van der Waals surface area contributed by atoms with E-state index in [4.69, 9.17) is 4.74 Å². The maximum atomic E-state index is 13.0. The predicted molar refractivity (Wildman–Crippen MR) is 54.5 cm³/mol. The van der Waals surface area contributed by atoms with Crippen LogP contribution in [0.2, 0.25) is 0 Å². The van der Waals surface area contributed by atoms with Gasteiger partial charge in [0.2, 0.25) is 0 Å². The van der Waals surface area contributed by atoms with Crippen LogP contribution in [0.1, 0.15) is 0 Å². The lowest BCUT2D eigenvalue weighted by molar-refractivity contribution is 0.211. The summed E-state index contributed by atoms with van der Waals surface area (Å²) in [5.41, 5.74) is 0.762. The Morgan fingerprint density at radius 3 is 2.92 bits per heavy atom. The van der Waals surface area contributed by atoms with Gasteiger partial charge in [-0.05, 0) is 34.1 Å². The van der Waals surface area contributed by atoms with Crippen LogP contribution in [0.4, 0.5) is 10.1 Å². The lowest BCUT2D eigenvalue weighted by atomic mass is 10.3. The molecule has 0 bridgehead atoms. The van der Waals surface area contributed by atoms with Crippen molar-refractivity contribution >= 4 is 21.6 Å². The summed E-state index contributed by atoms with van der Waals surface area (Å²) in [6.45, 7) is 1.29. The number of hydrogen-bond donors (Lipinski definition) is 1. The van der Waals surface area contributed by atoms with E-state index in [1.54, 1.807) is 13.2 Å². The highest BCUT2D eigenvalue weighted by Crippen LogP contribution is 2.18. The van der Waals surface area contributed by atoms with Crippen LogP contribution in [0.25, 0.3) is 0 Å². The van der Waals surface area contributed by atoms with Crippen LogP contribution in [-0.4, -0.2) is 20.3 Å². The lowest BCUT2D eigenvalue weighted by Crippen LogP contribution is -2.07. The minimum Gasteiger partial charge on any atom is -0.383 e. The van der Waals surface area contributed by atoms with Crippen molar-refractivity contribution in [2.45, 2.75) is 0 Å². The summed E-state index contributed by atoms with van der Waals surface area (Å²) in [5.74, 6) is -0.262. The first-order chi connectivity index (χ1) is 6.24. The zero-order chi connectivity index (χ0) is 9.68. The predicted octanol–water partition coefficient (Wildman–Crippen LogP) is 2.65. The van der Waals surface area contributed by atoms with E-state index in [0.29, 0.717) is 17.6 Å². The second-order valence-corrected chi connectivity index (χ2v) is 3.40. The van der Waals surface area contributed by atoms with E-state index in [1.807, 2.05) is 6.07 Å². The molecule has 0 unspecified atom stereocenters. The first-order valence-corrected chi connectivity index (χ1v) is 4.71. The molecule has 0 saturated carbocycles. The van der Waals surface area contributed by atoms with Crippen molar-refractivity contribution in [2.75, 3.05) is 25.6 Å². The van der Waals surface area contributed by atoms with Crippen molar-refractivity contribution in [1.82, 2.24) is 0 Å². The summed E-state index contributed by atoms with van der Waals surface area (Å²) in [6, 6.07) is 4.92.